The van der Waals surface area contributed by atoms with Crippen LogP contribution in [0.5, 0.6) is 0 Å². The first-order valence-corrected chi connectivity index (χ1v) is 4.60. The molecule has 0 N–H and O–H groups in total. The van der Waals surface area contributed by atoms with Crippen LogP contribution in [0, 0.1) is 10.1 Å². The van der Waals surface area contributed by atoms with Gasteiger partial charge in [0.05, 0.1) is 11.1 Å². The second kappa shape index (κ2) is 5.22. The number of hydrogen-bond acceptors (Lipinski definition) is 4. The van der Waals surface area contributed by atoms with Gasteiger partial charge in [-0.05, 0) is 29.3 Å². The minimum atomic E-state index is -0.710. The molecule has 0 fully saturated rings. The molecule has 0 atom stereocenters. The lowest BCUT2D eigenvalue weighted by Crippen LogP contribution is -2.13. The zero-order chi connectivity index (χ0) is 12.1. The van der Waals surface area contributed by atoms with Crippen molar-refractivity contribution in [2.24, 2.45) is 5.10 Å². The number of hydrazone groups is 1. The van der Waals surface area contributed by atoms with Crippen LogP contribution in [0.15, 0.2) is 29.4 Å². The largest absolute Gasteiger partial charge is 0.336 e. The van der Waals surface area contributed by atoms with Crippen molar-refractivity contribution in [1.82, 2.24) is 5.01 Å². The number of nitrogens with zero attached hydrogens (tertiary/aromatic N) is 3. The molecule has 84 valence electrons. The van der Waals surface area contributed by atoms with Crippen LogP contribution in [-0.2, 0) is 0 Å². The molecular weight excluding hydrogens is 234 g/mol. The van der Waals surface area contributed by atoms with E-state index in [1.807, 2.05) is 0 Å². The van der Waals surface area contributed by atoms with E-state index in [1.54, 1.807) is 0 Å². The highest BCUT2D eigenvalue weighted by atomic mass is 35.5. The van der Waals surface area contributed by atoms with Crippen molar-refractivity contribution in [2.75, 3.05) is 7.05 Å². The summed E-state index contributed by atoms with van der Waals surface area (Å²) in [6.45, 7) is 0. The SMILES string of the molecule is CN(/N=C\c1ccc([N+](=O)[O-])cc1)C(=O)Cl. The van der Waals surface area contributed by atoms with Crippen LogP contribution >= 0.6 is 11.6 Å². The number of non-ortho nitro benzene ring substituents is 1. The second-order valence-corrected chi connectivity index (χ2v) is 3.19. The van der Waals surface area contributed by atoms with Crippen LogP contribution in [0.2, 0.25) is 0 Å². The average molecular weight is 242 g/mol. The molecule has 1 aromatic carbocycles. The van der Waals surface area contributed by atoms with Gasteiger partial charge in [-0.25, -0.2) is 5.01 Å². The van der Waals surface area contributed by atoms with Crippen molar-refractivity contribution in [3.63, 3.8) is 0 Å². The first-order valence-electron chi connectivity index (χ1n) is 4.22. The van der Waals surface area contributed by atoms with Gasteiger partial charge in [-0.1, -0.05) is 0 Å². The first-order chi connectivity index (χ1) is 7.50. The highest BCUT2D eigenvalue weighted by Crippen LogP contribution is 2.10. The van der Waals surface area contributed by atoms with Crippen molar-refractivity contribution >= 4 is 28.9 Å². The summed E-state index contributed by atoms with van der Waals surface area (Å²) in [5, 5.41) is 14.3. The number of carbonyl (C=O) groups is 1. The molecule has 7 heteroatoms. The predicted octanol–water partition coefficient (Wildman–Crippen LogP) is 2.22. The van der Waals surface area contributed by atoms with Gasteiger partial charge < -0.3 is 0 Å². The van der Waals surface area contributed by atoms with E-state index in [0.717, 1.165) is 5.01 Å². The number of nitro groups is 1. The molecule has 6 nitrogen and oxygen atoms in total. The Morgan fingerprint density at radius 3 is 2.50 bits per heavy atom. The van der Waals surface area contributed by atoms with E-state index in [1.165, 1.54) is 37.5 Å². The van der Waals surface area contributed by atoms with Gasteiger partial charge in [-0.2, -0.15) is 5.10 Å². The minimum absolute atomic E-state index is 0.000996. The maximum atomic E-state index is 10.6. The van der Waals surface area contributed by atoms with E-state index in [9.17, 15) is 14.9 Å². The Labute approximate surface area is 96.3 Å². The van der Waals surface area contributed by atoms with Crippen molar-refractivity contribution < 1.29 is 9.72 Å². The summed E-state index contributed by atoms with van der Waals surface area (Å²) in [5.74, 6) is 0. The van der Waals surface area contributed by atoms with Crippen LogP contribution < -0.4 is 0 Å². The third-order valence-electron chi connectivity index (χ3n) is 1.74. The fourth-order valence-corrected chi connectivity index (χ4v) is 0.924. The molecule has 1 amide bonds. The molecule has 0 aromatic heterocycles. The van der Waals surface area contributed by atoms with Gasteiger partial charge in [0.1, 0.15) is 0 Å². The summed E-state index contributed by atoms with van der Waals surface area (Å²) < 4.78 is 0. The van der Waals surface area contributed by atoms with E-state index < -0.39 is 10.3 Å². The standard InChI is InChI=1S/C9H8ClN3O3/c1-12(9(10)14)11-6-7-2-4-8(5-3-7)13(15)16/h2-6H,1H3/b11-6-. The lowest BCUT2D eigenvalue weighted by atomic mass is 10.2. The van der Waals surface area contributed by atoms with E-state index in [4.69, 9.17) is 11.6 Å². The molecule has 16 heavy (non-hydrogen) atoms. The molecule has 0 aliphatic heterocycles. The van der Waals surface area contributed by atoms with E-state index in [-0.39, 0.29) is 5.69 Å². The quantitative estimate of drug-likeness (QED) is 0.268. The molecule has 1 rings (SSSR count). The average Bonchev–Trinajstić information content (AvgIpc) is 2.26. The van der Waals surface area contributed by atoms with Crippen molar-refractivity contribution in [3.05, 3.63) is 39.9 Å². The van der Waals surface area contributed by atoms with Gasteiger partial charge in [0, 0.05) is 19.2 Å². The normalized spacial score (nSPS) is 10.4. The Morgan fingerprint density at radius 1 is 1.50 bits per heavy atom. The topological polar surface area (TPSA) is 75.8 Å². The van der Waals surface area contributed by atoms with Crippen LogP contribution in [0.25, 0.3) is 0 Å². The Morgan fingerprint density at radius 2 is 2.06 bits per heavy atom. The van der Waals surface area contributed by atoms with Crippen LogP contribution in [0.3, 0.4) is 0 Å². The number of rotatable bonds is 3. The zero-order valence-electron chi connectivity index (χ0n) is 8.33. The van der Waals surface area contributed by atoms with Crippen molar-refractivity contribution in [3.8, 4) is 0 Å². The summed E-state index contributed by atoms with van der Waals surface area (Å²) in [6.07, 6.45) is 1.38. The van der Waals surface area contributed by atoms with Gasteiger partial charge in [-0.3, -0.25) is 14.9 Å². The van der Waals surface area contributed by atoms with Crippen LogP contribution in [-0.4, -0.2) is 28.6 Å². The van der Waals surface area contributed by atoms with Crippen LogP contribution in [0.4, 0.5) is 10.5 Å². The lowest BCUT2D eigenvalue weighted by Gasteiger charge is -2.03. The highest BCUT2D eigenvalue weighted by molar-refractivity contribution is 6.62. The Balaban J connectivity index is 2.76. The van der Waals surface area contributed by atoms with Gasteiger partial charge in [-0.15, -0.1) is 0 Å². The summed E-state index contributed by atoms with van der Waals surface area (Å²) in [4.78, 5) is 20.5. The summed E-state index contributed by atoms with van der Waals surface area (Å²) >= 11 is 5.15. The zero-order valence-corrected chi connectivity index (χ0v) is 9.09. The molecule has 0 unspecified atom stereocenters. The number of amides is 1. The third-order valence-corrected chi connectivity index (χ3v) is 1.98. The predicted molar refractivity (Wildman–Crippen MR) is 59.7 cm³/mol. The van der Waals surface area contributed by atoms with Crippen molar-refractivity contribution in [1.29, 1.82) is 0 Å². The van der Waals surface area contributed by atoms with E-state index in [2.05, 4.69) is 5.10 Å². The summed E-state index contributed by atoms with van der Waals surface area (Å²) in [7, 11) is 1.40. The number of halogens is 1. The highest BCUT2D eigenvalue weighted by Gasteiger charge is 2.03. The second-order valence-electron chi connectivity index (χ2n) is 2.87. The summed E-state index contributed by atoms with van der Waals surface area (Å²) in [5.41, 5.74) is 0.634. The number of benzene rings is 1. The fourth-order valence-electron chi connectivity index (χ4n) is 0.881. The number of nitro benzene ring substituents is 1. The van der Waals surface area contributed by atoms with Gasteiger partial charge in [0.25, 0.3) is 5.69 Å². The number of carbonyl (C=O) groups excluding carboxylic acids is 1. The van der Waals surface area contributed by atoms with Gasteiger partial charge in [0.15, 0.2) is 0 Å². The molecule has 0 saturated heterocycles. The van der Waals surface area contributed by atoms with Gasteiger partial charge >= 0.3 is 5.37 Å². The monoisotopic (exact) mass is 241 g/mol. The Kier molecular flexibility index (Phi) is 3.96. The first kappa shape index (κ1) is 12.1. The van der Waals surface area contributed by atoms with Gasteiger partial charge in [0.2, 0.25) is 0 Å². The van der Waals surface area contributed by atoms with E-state index in [0.29, 0.717) is 5.56 Å². The molecule has 1 aromatic rings. The van der Waals surface area contributed by atoms with Crippen LogP contribution in [0.1, 0.15) is 5.56 Å². The lowest BCUT2D eigenvalue weighted by molar-refractivity contribution is -0.384. The summed E-state index contributed by atoms with van der Waals surface area (Å²) in [6, 6.07) is 5.75. The minimum Gasteiger partial charge on any atom is -0.258 e. The molecule has 0 spiro atoms. The molecule has 0 heterocycles. The number of hydrogen-bond donors (Lipinski definition) is 0. The Hall–Kier alpha value is -1.95. The maximum Gasteiger partial charge on any atom is 0.336 e. The third kappa shape index (κ3) is 3.32. The molecule has 0 aliphatic rings. The van der Waals surface area contributed by atoms with E-state index >= 15 is 0 Å². The molecular formula is C9H8ClN3O3. The molecule has 0 radical (unpaired) electrons. The molecule has 0 bridgehead atoms. The molecule has 0 saturated carbocycles. The smallest absolute Gasteiger partial charge is 0.258 e. The Bertz CT molecular complexity index is 430. The maximum absolute atomic E-state index is 10.6. The molecule has 0 aliphatic carbocycles. The fraction of sp³-hybridized carbons (Fsp3) is 0.111. The van der Waals surface area contributed by atoms with Crippen molar-refractivity contribution in [2.45, 2.75) is 0 Å².